The molecule has 1 atom stereocenters. The molecule has 0 radical (unpaired) electrons. The van der Waals surface area contributed by atoms with Gasteiger partial charge in [0, 0.05) is 6.42 Å². The first-order chi connectivity index (χ1) is 17.6. The zero-order chi connectivity index (χ0) is 25.6. The standard InChI is InChI=1S/C34H48O2/c1-4-7-8-9-10-11-12-34(35)36-33-25-23-32(24-26-33)31-21-19-30(20-22-31)29-17-15-28(16-18-29)14-13-27(5-2)6-3/h17,19-28H,4-16,18H2,1-3H3. The Morgan fingerprint density at radius 1 is 0.833 bits per heavy atom. The second-order valence-corrected chi connectivity index (χ2v) is 10.7. The third-order valence-electron chi connectivity index (χ3n) is 8.07. The number of esters is 1. The molecule has 36 heavy (non-hydrogen) atoms. The molecule has 0 amide bonds. The summed E-state index contributed by atoms with van der Waals surface area (Å²) in [7, 11) is 0. The van der Waals surface area contributed by atoms with Crippen LogP contribution in [0, 0.1) is 11.8 Å². The Hall–Kier alpha value is -2.35. The number of hydrogen-bond donors (Lipinski definition) is 0. The smallest absolute Gasteiger partial charge is 0.311 e. The minimum Gasteiger partial charge on any atom is -0.427 e. The number of carbonyl (C=O) groups excluding carboxylic acids is 1. The molecule has 1 aliphatic carbocycles. The number of allylic oxidation sites excluding steroid dienone is 2. The van der Waals surface area contributed by atoms with Gasteiger partial charge >= 0.3 is 5.97 Å². The van der Waals surface area contributed by atoms with E-state index in [1.54, 1.807) is 0 Å². The molecule has 0 heterocycles. The predicted octanol–water partition coefficient (Wildman–Crippen LogP) is 10.4. The van der Waals surface area contributed by atoms with E-state index in [1.165, 1.54) is 87.3 Å². The lowest BCUT2D eigenvalue weighted by atomic mass is 9.82. The van der Waals surface area contributed by atoms with Crippen molar-refractivity contribution in [2.24, 2.45) is 11.8 Å². The molecule has 0 bridgehead atoms. The zero-order valence-electron chi connectivity index (χ0n) is 23.1. The fourth-order valence-electron chi connectivity index (χ4n) is 5.41. The van der Waals surface area contributed by atoms with Crippen LogP contribution in [0.3, 0.4) is 0 Å². The average molecular weight is 489 g/mol. The van der Waals surface area contributed by atoms with Gasteiger partial charge in [-0.3, -0.25) is 4.79 Å². The summed E-state index contributed by atoms with van der Waals surface area (Å²) in [6.45, 7) is 6.88. The third kappa shape index (κ3) is 9.26. The van der Waals surface area contributed by atoms with Crippen molar-refractivity contribution in [3.05, 3.63) is 60.2 Å². The number of ether oxygens (including phenoxy) is 1. The fourth-order valence-corrected chi connectivity index (χ4v) is 5.41. The van der Waals surface area contributed by atoms with Crippen LogP contribution in [0.15, 0.2) is 54.6 Å². The molecule has 0 aromatic heterocycles. The van der Waals surface area contributed by atoms with Crippen molar-refractivity contribution in [1.82, 2.24) is 0 Å². The summed E-state index contributed by atoms with van der Waals surface area (Å²) >= 11 is 0. The number of unbranched alkanes of at least 4 members (excludes halogenated alkanes) is 5. The first-order valence-electron chi connectivity index (χ1n) is 14.7. The van der Waals surface area contributed by atoms with E-state index < -0.39 is 0 Å². The lowest BCUT2D eigenvalue weighted by molar-refractivity contribution is -0.134. The summed E-state index contributed by atoms with van der Waals surface area (Å²) in [6, 6.07) is 16.9. The van der Waals surface area contributed by atoms with Gasteiger partial charge in [-0.2, -0.15) is 0 Å². The minimum atomic E-state index is -0.124. The maximum absolute atomic E-state index is 12.1. The topological polar surface area (TPSA) is 26.3 Å². The lowest BCUT2D eigenvalue weighted by Gasteiger charge is -2.24. The van der Waals surface area contributed by atoms with Gasteiger partial charge in [0.2, 0.25) is 0 Å². The Morgan fingerprint density at radius 2 is 1.44 bits per heavy atom. The highest BCUT2D eigenvalue weighted by molar-refractivity contribution is 5.74. The summed E-state index contributed by atoms with van der Waals surface area (Å²) < 4.78 is 5.54. The Kier molecular flexibility index (Phi) is 12.3. The second kappa shape index (κ2) is 15.7. The Labute approximate surface area is 220 Å². The highest BCUT2D eigenvalue weighted by Gasteiger charge is 2.17. The third-order valence-corrected chi connectivity index (χ3v) is 8.07. The van der Waals surface area contributed by atoms with E-state index in [4.69, 9.17) is 4.74 Å². The molecule has 2 aromatic rings. The SMILES string of the molecule is CCCCCCCCC(=O)Oc1ccc(-c2ccc(C3=CCC(CCC(CC)CC)CC3)cc2)cc1. The normalized spacial score (nSPS) is 15.7. The highest BCUT2D eigenvalue weighted by atomic mass is 16.5. The molecule has 0 saturated carbocycles. The van der Waals surface area contributed by atoms with Crippen molar-refractivity contribution < 1.29 is 9.53 Å². The molecule has 2 nitrogen and oxygen atoms in total. The van der Waals surface area contributed by atoms with Crippen LogP contribution in [0.1, 0.15) is 116 Å². The number of benzene rings is 2. The number of carbonyl (C=O) groups is 1. The van der Waals surface area contributed by atoms with E-state index in [9.17, 15) is 4.79 Å². The van der Waals surface area contributed by atoms with Crippen LogP contribution in [-0.4, -0.2) is 5.97 Å². The van der Waals surface area contributed by atoms with Gasteiger partial charge in [0.05, 0.1) is 0 Å². The van der Waals surface area contributed by atoms with Crippen LogP contribution in [-0.2, 0) is 4.79 Å². The molecule has 196 valence electrons. The summed E-state index contributed by atoms with van der Waals surface area (Å²) in [5.41, 5.74) is 5.21. The summed E-state index contributed by atoms with van der Waals surface area (Å²) in [5, 5.41) is 0. The van der Waals surface area contributed by atoms with Crippen LogP contribution >= 0.6 is 0 Å². The molecule has 2 heteroatoms. The maximum atomic E-state index is 12.1. The number of rotatable bonds is 15. The van der Waals surface area contributed by atoms with Gasteiger partial charge in [0.15, 0.2) is 0 Å². The van der Waals surface area contributed by atoms with Gasteiger partial charge in [-0.15, -0.1) is 0 Å². The van der Waals surface area contributed by atoms with Crippen LogP contribution in [0.4, 0.5) is 0 Å². The maximum Gasteiger partial charge on any atom is 0.311 e. The van der Waals surface area contributed by atoms with Crippen molar-refractivity contribution in [3.8, 4) is 16.9 Å². The quantitative estimate of drug-likeness (QED) is 0.142. The zero-order valence-corrected chi connectivity index (χ0v) is 23.1. The first kappa shape index (κ1) is 28.2. The highest BCUT2D eigenvalue weighted by Crippen LogP contribution is 2.34. The van der Waals surface area contributed by atoms with Gasteiger partial charge in [0.1, 0.15) is 5.75 Å². The molecule has 1 aliphatic rings. The second-order valence-electron chi connectivity index (χ2n) is 10.7. The van der Waals surface area contributed by atoms with E-state index in [2.05, 4.69) is 51.1 Å². The summed E-state index contributed by atoms with van der Waals surface area (Å²) in [5.74, 6) is 2.29. The molecular formula is C34H48O2. The van der Waals surface area contributed by atoms with Crippen molar-refractivity contribution in [1.29, 1.82) is 0 Å². The molecule has 0 N–H and O–H groups in total. The van der Waals surface area contributed by atoms with Crippen LogP contribution in [0.5, 0.6) is 5.75 Å². The summed E-state index contributed by atoms with van der Waals surface area (Å²) in [6.07, 6.45) is 19.2. The van der Waals surface area contributed by atoms with E-state index in [0.717, 1.165) is 30.2 Å². The van der Waals surface area contributed by atoms with Crippen LogP contribution in [0.2, 0.25) is 0 Å². The van der Waals surface area contributed by atoms with Gasteiger partial charge < -0.3 is 4.74 Å². The first-order valence-corrected chi connectivity index (χ1v) is 14.7. The van der Waals surface area contributed by atoms with Crippen molar-refractivity contribution >= 4 is 11.5 Å². The van der Waals surface area contributed by atoms with Gasteiger partial charge in [-0.05, 0) is 78.3 Å². The molecule has 0 spiro atoms. The molecule has 0 aliphatic heterocycles. The Bertz CT molecular complexity index is 919. The average Bonchev–Trinajstić information content (AvgIpc) is 2.92. The lowest BCUT2D eigenvalue weighted by Crippen LogP contribution is -2.08. The Balaban J connectivity index is 1.45. The predicted molar refractivity (Wildman–Crippen MR) is 154 cm³/mol. The minimum absolute atomic E-state index is 0.124. The van der Waals surface area contributed by atoms with Gasteiger partial charge in [-0.25, -0.2) is 0 Å². The van der Waals surface area contributed by atoms with Crippen LogP contribution < -0.4 is 4.74 Å². The van der Waals surface area contributed by atoms with Crippen molar-refractivity contribution in [2.45, 2.75) is 111 Å². The van der Waals surface area contributed by atoms with E-state index >= 15 is 0 Å². The molecule has 3 rings (SSSR count). The molecule has 0 fully saturated rings. The Morgan fingerprint density at radius 3 is 2.06 bits per heavy atom. The largest absolute Gasteiger partial charge is 0.427 e. The van der Waals surface area contributed by atoms with Crippen LogP contribution in [0.25, 0.3) is 16.7 Å². The van der Waals surface area contributed by atoms with Crippen molar-refractivity contribution in [3.63, 3.8) is 0 Å². The van der Waals surface area contributed by atoms with Gasteiger partial charge in [-0.1, -0.05) is 115 Å². The van der Waals surface area contributed by atoms with E-state index in [1.807, 2.05) is 24.3 Å². The van der Waals surface area contributed by atoms with Crippen molar-refractivity contribution in [2.75, 3.05) is 0 Å². The molecule has 0 saturated heterocycles. The fraction of sp³-hybridized carbons (Fsp3) is 0.559. The van der Waals surface area contributed by atoms with E-state index in [0.29, 0.717) is 12.2 Å². The molecular weight excluding hydrogens is 440 g/mol. The molecule has 2 aromatic carbocycles. The molecule has 1 unspecified atom stereocenters. The monoisotopic (exact) mass is 488 g/mol. The summed E-state index contributed by atoms with van der Waals surface area (Å²) in [4.78, 5) is 12.1. The van der Waals surface area contributed by atoms with Gasteiger partial charge in [0.25, 0.3) is 0 Å². The van der Waals surface area contributed by atoms with E-state index in [-0.39, 0.29) is 5.97 Å². The number of hydrogen-bond acceptors (Lipinski definition) is 2.